The van der Waals surface area contributed by atoms with Gasteiger partial charge < -0.3 is 5.11 Å². The molecule has 2 heterocycles. The van der Waals surface area contributed by atoms with Crippen LogP contribution in [0.4, 0.5) is 0 Å². The third kappa shape index (κ3) is 2.64. The van der Waals surface area contributed by atoms with Gasteiger partial charge in [-0.05, 0) is 37.3 Å². The van der Waals surface area contributed by atoms with Crippen molar-refractivity contribution in [1.29, 1.82) is 0 Å². The number of sulfonamides is 1. The number of fused-ring (bicyclic) bond motifs is 1. The summed E-state index contributed by atoms with van der Waals surface area (Å²) in [5, 5.41) is 10.1. The van der Waals surface area contributed by atoms with Crippen LogP contribution in [0.5, 0.6) is 0 Å². The van der Waals surface area contributed by atoms with Crippen molar-refractivity contribution in [2.24, 2.45) is 5.92 Å². The Morgan fingerprint density at radius 1 is 1.32 bits per heavy atom. The topological polar surface area (TPSA) is 74.7 Å². The fraction of sp³-hybridized carbons (Fsp3) is 0.400. The molecule has 0 unspecified atom stereocenters. The molecule has 0 saturated carbocycles. The van der Waals surface area contributed by atoms with E-state index in [1.54, 1.807) is 6.07 Å². The molecule has 0 aliphatic carbocycles. The molecule has 22 heavy (non-hydrogen) atoms. The number of carboxylic acid groups (broad SMARTS) is 1. The van der Waals surface area contributed by atoms with E-state index in [-0.39, 0.29) is 16.8 Å². The second-order valence-electron chi connectivity index (χ2n) is 5.64. The Labute approximate surface area is 133 Å². The normalized spacial score (nSPS) is 23.7. The molecule has 3 rings (SSSR count). The van der Waals surface area contributed by atoms with Crippen molar-refractivity contribution < 1.29 is 18.3 Å². The number of piperidine rings is 1. The number of carboxylic acids is 1. The first-order valence-electron chi connectivity index (χ1n) is 7.13. The maximum Gasteiger partial charge on any atom is 0.307 e. The van der Waals surface area contributed by atoms with E-state index in [2.05, 4.69) is 0 Å². The fourth-order valence-electron chi connectivity index (χ4n) is 2.81. The van der Waals surface area contributed by atoms with Crippen LogP contribution >= 0.6 is 11.3 Å². The van der Waals surface area contributed by atoms with Crippen molar-refractivity contribution in [3.63, 3.8) is 0 Å². The highest BCUT2D eigenvalue weighted by Crippen LogP contribution is 2.34. The molecule has 7 heteroatoms. The summed E-state index contributed by atoms with van der Waals surface area (Å²) in [6.45, 7) is 1.88. The maximum absolute atomic E-state index is 12.9. The number of nitrogens with zero attached hydrogens (tertiary/aromatic N) is 1. The lowest BCUT2D eigenvalue weighted by Gasteiger charge is -2.34. The number of carbonyl (C=O) groups is 1. The van der Waals surface area contributed by atoms with E-state index < -0.39 is 21.9 Å². The summed E-state index contributed by atoms with van der Waals surface area (Å²) in [5.41, 5.74) is 0. The largest absolute Gasteiger partial charge is 0.481 e. The molecule has 1 N–H and O–H groups in total. The monoisotopic (exact) mass is 339 g/mol. The summed E-state index contributed by atoms with van der Waals surface area (Å²) in [6.07, 6.45) is 1.09. The lowest BCUT2D eigenvalue weighted by molar-refractivity contribution is -0.143. The van der Waals surface area contributed by atoms with Crippen molar-refractivity contribution >= 4 is 37.4 Å². The molecule has 1 aliphatic heterocycles. The predicted octanol–water partition coefficient (Wildman–Crippen LogP) is 2.78. The highest BCUT2D eigenvalue weighted by molar-refractivity contribution is 7.91. The molecule has 1 fully saturated rings. The van der Waals surface area contributed by atoms with Crippen LogP contribution < -0.4 is 0 Å². The number of hydrogen-bond donors (Lipinski definition) is 1. The molecule has 2 aromatic rings. The molecular formula is C15H17NO4S2. The lowest BCUT2D eigenvalue weighted by atomic mass is 9.96. The van der Waals surface area contributed by atoms with Gasteiger partial charge in [-0.1, -0.05) is 18.2 Å². The van der Waals surface area contributed by atoms with Gasteiger partial charge in [-0.3, -0.25) is 4.79 Å². The molecule has 1 aliphatic rings. The minimum Gasteiger partial charge on any atom is -0.481 e. The first kappa shape index (κ1) is 15.5. The lowest BCUT2D eigenvalue weighted by Crippen LogP contribution is -2.47. The highest BCUT2D eigenvalue weighted by Gasteiger charge is 2.38. The van der Waals surface area contributed by atoms with E-state index in [1.807, 2.05) is 31.2 Å². The minimum absolute atomic E-state index is 0.0487. The molecular weight excluding hydrogens is 322 g/mol. The van der Waals surface area contributed by atoms with Gasteiger partial charge in [0, 0.05) is 17.3 Å². The number of thiophene rings is 1. The van der Waals surface area contributed by atoms with Crippen LogP contribution in [0.1, 0.15) is 19.8 Å². The van der Waals surface area contributed by atoms with Crippen LogP contribution in [0.2, 0.25) is 0 Å². The van der Waals surface area contributed by atoms with Crippen molar-refractivity contribution in [3.8, 4) is 0 Å². The molecule has 0 amide bonds. The van der Waals surface area contributed by atoms with E-state index in [0.717, 1.165) is 10.1 Å². The second-order valence-corrected chi connectivity index (χ2v) is 8.84. The SMILES string of the molecule is C[C@@H]1CC[C@H](C(=O)O)CN1S(=O)(=O)c1cc2ccccc2s1. The zero-order chi connectivity index (χ0) is 15.9. The Kier molecular flexibility index (Phi) is 3.96. The quantitative estimate of drug-likeness (QED) is 0.933. The number of hydrogen-bond acceptors (Lipinski definition) is 4. The third-order valence-corrected chi connectivity index (χ3v) is 7.69. The molecule has 0 spiro atoms. The highest BCUT2D eigenvalue weighted by atomic mass is 32.2. The van der Waals surface area contributed by atoms with Gasteiger partial charge in [0.15, 0.2) is 0 Å². The Hall–Kier alpha value is -1.44. The zero-order valence-corrected chi connectivity index (χ0v) is 13.7. The first-order chi connectivity index (χ1) is 10.4. The molecule has 0 bridgehead atoms. The Morgan fingerprint density at radius 2 is 2.05 bits per heavy atom. The van der Waals surface area contributed by atoms with E-state index in [4.69, 9.17) is 0 Å². The number of aliphatic carboxylic acids is 1. The average molecular weight is 339 g/mol. The summed E-state index contributed by atoms with van der Waals surface area (Å²) in [7, 11) is -3.65. The summed E-state index contributed by atoms with van der Waals surface area (Å²) in [4.78, 5) is 11.2. The zero-order valence-electron chi connectivity index (χ0n) is 12.1. The van der Waals surface area contributed by atoms with Crippen molar-refractivity contribution in [2.75, 3.05) is 6.54 Å². The second kappa shape index (κ2) is 5.64. The summed E-state index contributed by atoms with van der Waals surface area (Å²) >= 11 is 1.23. The van der Waals surface area contributed by atoms with Gasteiger partial charge in [0.25, 0.3) is 10.0 Å². The van der Waals surface area contributed by atoms with Gasteiger partial charge in [0.2, 0.25) is 0 Å². The van der Waals surface area contributed by atoms with Gasteiger partial charge in [-0.15, -0.1) is 11.3 Å². The first-order valence-corrected chi connectivity index (χ1v) is 9.38. The summed E-state index contributed by atoms with van der Waals surface area (Å²) < 4.78 is 28.3. The average Bonchev–Trinajstić information content (AvgIpc) is 2.92. The molecule has 0 radical (unpaired) electrons. The van der Waals surface area contributed by atoms with Gasteiger partial charge in [-0.2, -0.15) is 4.31 Å². The fourth-order valence-corrected chi connectivity index (χ4v) is 6.05. The van der Waals surface area contributed by atoms with Gasteiger partial charge in [0.1, 0.15) is 4.21 Å². The Balaban J connectivity index is 1.98. The van der Waals surface area contributed by atoms with Crippen LogP contribution in [0.3, 0.4) is 0 Å². The number of rotatable bonds is 3. The Morgan fingerprint density at radius 3 is 2.73 bits per heavy atom. The molecule has 2 atom stereocenters. The van der Waals surface area contributed by atoms with Gasteiger partial charge in [0.05, 0.1) is 5.92 Å². The van der Waals surface area contributed by atoms with E-state index in [1.165, 1.54) is 15.6 Å². The van der Waals surface area contributed by atoms with Gasteiger partial charge in [-0.25, -0.2) is 8.42 Å². The van der Waals surface area contributed by atoms with E-state index in [9.17, 15) is 18.3 Å². The van der Waals surface area contributed by atoms with Gasteiger partial charge >= 0.3 is 5.97 Å². The van der Waals surface area contributed by atoms with Crippen LogP contribution in [-0.2, 0) is 14.8 Å². The van der Waals surface area contributed by atoms with Crippen LogP contribution in [0.25, 0.3) is 10.1 Å². The molecule has 1 aromatic heterocycles. The maximum atomic E-state index is 12.9. The minimum atomic E-state index is -3.65. The summed E-state index contributed by atoms with van der Waals surface area (Å²) in [6, 6.07) is 9.01. The molecule has 118 valence electrons. The predicted molar refractivity (Wildman–Crippen MR) is 85.5 cm³/mol. The standard InChI is InChI=1S/C15H17NO4S2/c1-10-6-7-12(15(17)18)9-16(10)22(19,20)14-8-11-4-2-3-5-13(11)21-14/h2-5,8,10,12H,6-7,9H2,1H3,(H,17,18)/t10-,12+/m1/s1. The molecule has 1 aromatic carbocycles. The Bertz CT molecular complexity index is 779. The van der Waals surface area contributed by atoms with Crippen LogP contribution in [-0.4, -0.2) is 36.4 Å². The van der Waals surface area contributed by atoms with Crippen LogP contribution in [0.15, 0.2) is 34.5 Å². The van der Waals surface area contributed by atoms with Crippen LogP contribution in [0, 0.1) is 5.92 Å². The van der Waals surface area contributed by atoms with Crippen molar-refractivity contribution in [3.05, 3.63) is 30.3 Å². The smallest absolute Gasteiger partial charge is 0.307 e. The van der Waals surface area contributed by atoms with Crippen molar-refractivity contribution in [1.82, 2.24) is 4.31 Å². The molecule has 1 saturated heterocycles. The van der Waals surface area contributed by atoms with E-state index in [0.29, 0.717) is 12.8 Å². The number of benzene rings is 1. The van der Waals surface area contributed by atoms with Crippen molar-refractivity contribution in [2.45, 2.75) is 30.0 Å². The summed E-state index contributed by atoms with van der Waals surface area (Å²) in [5.74, 6) is -1.55. The molecule has 5 nitrogen and oxygen atoms in total. The third-order valence-electron chi connectivity index (χ3n) is 4.14. The van der Waals surface area contributed by atoms with E-state index >= 15 is 0 Å².